The minimum Gasteiger partial charge on any atom is -0.487 e. The summed E-state index contributed by atoms with van der Waals surface area (Å²) >= 11 is 0. The fraction of sp³-hybridized carbons (Fsp3) is 0.500. The number of piperidine rings is 1. The molecule has 14 nitrogen and oxygen atoms in total. The van der Waals surface area contributed by atoms with Crippen LogP contribution in [0.15, 0.2) is 43.1 Å². The summed E-state index contributed by atoms with van der Waals surface area (Å²) in [5.41, 5.74) is 1.93. The van der Waals surface area contributed by atoms with E-state index in [0.29, 0.717) is 35.0 Å². The van der Waals surface area contributed by atoms with E-state index in [1.54, 1.807) is 41.5 Å². The fourth-order valence-corrected chi connectivity index (χ4v) is 5.81. The SMILES string of the molecule is C[C@@H](Cn1cnnn1)Oc1cc(-c2cnc(Nc3cn(C4CCN(C5CCOCC5)CC4)nc3OCC(F)(F)F)nc2)ccc1C#N. The highest BCUT2D eigenvalue weighted by Gasteiger charge is 2.31. The molecule has 0 bridgehead atoms. The van der Waals surface area contributed by atoms with Crippen molar-refractivity contribution < 1.29 is 27.4 Å². The van der Waals surface area contributed by atoms with E-state index in [2.05, 4.69) is 46.9 Å². The van der Waals surface area contributed by atoms with Crippen LogP contribution in [-0.4, -0.2) is 96.1 Å². The molecular formula is C30H34F3N11O3. The summed E-state index contributed by atoms with van der Waals surface area (Å²) < 4.78 is 59.0. The number of nitrogens with one attached hydrogen (secondary N) is 1. The van der Waals surface area contributed by atoms with Crippen molar-refractivity contribution in [3.05, 3.63) is 48.7 Å². The normalized spacial score (nSPS) is 17.3. The van der Waals surface area contributed by atoms with Gasteiger partial charge < -0.3 is 24.4 Å². The van der Waals surface area contributed by atoms with E-state index in [1.807, 2.05) is 6.92 Å². The second-order valence-electron chi connectivity index (χ2n) is 11.5. The minimum absolute atomic E-state index is 0.0153. The maximum absolute atomic E-state index is 13.1. The second kappa shape index (κ2) is 14.3. The molecule has 2 aliphatic heterocycles. The first-order valence-corrected chi connectivity index (χ1v) is 15.4. The van der Waals surface area contributed by atoms with Crippen LogP contribution >= 0.6 is 0 Å². The molecule has 2 fully saturated rings. The number of ether oxygens (including phenoxy) is 3. The van der Waals surface area contributed by atoms with Crippen LogP contribution in [0, 0.1) is 11.3 Å². The van der Waals surface area contributed by atoms with Gasteiger partial charge in [0.15, 0.2) is 6.61 Å². The van der Waals surface area contributed by atoms with E-state index in [4.69, 9.17) is 14.2 Å². The van der Waals surface area contributed by atoms with Gasteiger partial charge in [-0.1, -0.05) is 6.07 Å². The van der Waals surface area contributed by atoms with Crippen LogP contribution < -0.4 is 14.8 Å². The van der Waals surface area contributed by atoms with E-state index in [0.717, 1.165) is 52.0 Å². The van der Waals surface area contributed by atoms with Crippen molar-refractivity contribution in [1.82, 2.24) is 44.9 Å². The van der Waals surface area contributed by atoms with E-state index >= 15 is 0 Å². The molecule has 0 aliphatic carbocycles. The Bertz CT molecular complexity index is 1640. The standard InChI is InChI=1S/C30H34F3N11O3/c1-20(16-43-19-37-40-41-43)47-27-12-21(2-3-22(27)13-34)23-14-35-29(36-15-23)38-26-17-44(39-28(26)46-18-30(31,32)33)25-4-8-42(9-5-25)24-6-10-45-11-7-24/h2-3,12,14-15,17,19-20,24-25H,4-11,16,18H2,1H3,(H,35,36,38)/t20-/m0/s1. The summed E-state index contributed by atoms with van der Waals surface area (Å²) in [4.78, 5) is 11.2. The summed E-state index contributed by atoms with van der Waals surface area (Å²) in [6, 6.07) is 7.77. The number of nitriles is 1. The number of alkyl halides is 3. The molecule has 3 aromatic heterocycles. The Kier molecular flexibility index (Phi) is 9.78. The number of rotatable bonds is 11. The maximum atomic E-state index is 13.1. The molecule has 47 heavy (non-hydrogen) atoms. The molecule has 2 saturated heterocycles. The Balaban J connectivity index is 1.15. The molecule has 0 saturated carbocycles. The molecule has 1 N–H and O–H groups in total. The Hall–Kier alpha value is -4.82. The third-order valence-corrected chi connectivity index (χ3v) is 8.15. The Morgan fingerprint density at radius 3 is 2.53 bits per heavy atom. The molecule has 6 rings (SSSR count). The van der Waals surface area contributed by atoms with Crippen LogP contribution in [0.5, 0.6) is 11.6 Å². The lowest BCUT2D eigenvalue weighted by atomic mass is 10.00. The molecule has 1 aromatic carbocycles. The van der Waals surface area contributed by atoms with E-state index in [1.165, 1.54) is 11.0 Å². The highest BCUT2D eigenvalue weighted by Crippen LogP contribution is 2.33. The van der Waals surface area contributed by atoms with Crippen molar-refractivity contribution >= 4 is 11.6 Å². The molecule has 248 valence electrons. The van der Waals surface area contributed by atoms with Crippen LogP contribution in [-0.2, 0) is 11.3 Å². The molecular weight excluding hydrogens is 619 g/mol. The molecule has 0 radical (unpaired) electrons. The third kappa shape index (κ3) is 8.32. The molecule has 17 heteroatoms. The molecule has 4 aromatic rings. The number of aromatic nitrogens is 8. The zero-order valence-electron chi connectivity index (χ0n) is 25.7. The first-order chi connectivity index (χ1) is 22.7. The number of hydrogen-bond donors (Lipinski definition) is 1. The van der Waals surface area contributed by atoms with Crippen LogP contribution in [0.2, 0.25) is 0 Å². The average Bonchev–Trinajstić information content (AvgIpc) is 3.74. The monoisotopic (exact) mass is 653 g/mol. The summed E-state index contributed by atoms with van der Waals surface area (Å²) in [6.07, 6.45) is 5.05. The number of nitrogens with zero attached hydrogens (tertiary/aromatic N) is 10. The van der Waals surface area contributed by atoms with Gasteiger partial charge in [0, 0.05) is 50.3 Å². The zero-order chi connectivity index (χ0) is 32.8. The molecule has 1 atom stereocenters. The number of likely N-dealkylation sites (tertiary alicyclic amines) is 1. The van der Waals surface area contributed by atoms with Crippen LogP contribution in [0.1, 0.15) is 44.2 Å². The van der Waals surface area contributed by atoms with Crippen LogP contribution in [0.25, 0.3) is 11.1 Å². The van der Waals surface area contributed by atoms with Gasteiger partial charge in [-0.15, -0.1) is 10.2 Å². The van der Waals surface area contributed by atoms with Crippen LogP contribution in [0.4, 0.5) is 24.8 Å². The predicted molar refractivity (Wildman–Crippen MR) is 161 cm³/mol. The van der Waals surface area contributed by atoms with Crippen LogP contribution in [0.3, 0.4) is 0 Å². The lowest BCUT2D eigenvalue weighted by Crippen LogP contribution is -2.44. The van der Waals surface area contributed by atoms with Crippen molar-refractivity contribution in [3.63, 3.8) is 0 Å². The van der Waals surface area contributed by atoms with Gasteiger partial charge in [0.25, 0.3) is 5.88 Å². The summed E-state index contributed by atoms with van der Waals surface area (Å²) in [5.74, 6) is 0.358. The van der Waals surface area contributed by atoms with Gasteiger partial charge >= 0.3 is 6.18 Å². The Labute approximate surface area is 268 Å². The number of tetrazole rings is 1. The number of halogens is 3. The zero-order valence-corrected chi connectivity index (χ0v) is 25.7. The third-order valence-electron chi connectivity index (χ3n) is 8.15. The Morgan fingerprint density at radius 2 is 1.85 bits per heavy atom. The van der Waals surface area contributed by atoms with Crippen molar-refractivity contribution in [2.45, 2.75) is 63.5 Å². The smallest absolute Gasteiger partial charge is 0.422 e. The van der Waals surface area contributed by atoms with Gasteiger partial charge in [0.1, 0.15) is 29.9 Å². The first-order valence-electron chi connectivity index (χ1n) is 15.4. The lowest BCUT2D eigenvalue weighted by molar-refractivity contribution is -0.154. The fourth-order valence-electron chi connectivity index (χ4n) is 5.81. The number of benzene rings is 1. The first kappa shape index (κ1) is 32.1. The average molecular weight is 654 g/mol. The second-order valence-corrected chi connectivity index (χ2v) is 11.5. The summed E-state index contributed by atoms with van der Waals surface area (Å²) in [7, 11) is 0. The largest absolute Gasteiger partial charge is 0.487 e. The van der Waals surface area contributed by atoms with Gasteiger partial charge in [0.05, 0.1) is 24.3 Å². The number of hydrogen-bond acceptors (Lipinski definition) is 12. The molecule has 2 aliphatic rings. The summed E-state index contributed by atoms with van der Waals surface area (Å²) in [5, 5.41) is 28.0. The lowest BCUT2D eigenvalue weighted by Gasteiger charge is -2.39. The topological polar surface area (TPSA) is 154 Å². The van der Waals surface area contributed by atoms with Gasteiger partial charge in [0.2, 0.25) is 5.95 Å². The van der Waals surface area contributed by atoms with Gasteiger partial charge in [-0.25, -0.2) is 14.6 Å². The Morgan fingerprint density at radius 1 is 1.09 bits per heavy atom. The quantitative estimate of drug-likeness (QED) is 0.247. The molecule has 5 heterocycles. The van der Waals surface area contributed by atoms with E-state index in [-0.39, 0.29) is 29.7 Å². The highest BCUT2D eigenvalue weighted by molar-refractivity contribution is 5.67. The van der Waals surface area contributed by atoms with Gasteiger partial charge in [-0.3, -0.25) is 4.68 Å². The number of anilines is 2. The molecule has 0 spiro atoms. The van der Waals surface area contributed by atoms with Crippen molar-refractivity contribution in [1.29, 1.82) is 5.26 Å². The molecule has 0 amide bonds. The van der Waals surface area contributed by atoms with Crippen molar-refractivity contribution in [3.8, 4) is 28.8 Å². The predicted octanol–water partition coefficient (Wildman–Crippen LogP) is 4.17. The van der Waals surface area contributed by atoms with E-state index < -0.39 is 12.8 Å². The summed E-state index contributed by atoms with van der Waals surface area (Å²) in [6.45, 7) is 4.04. The van der Waals surface area contributed by atoms with Gasteiger partial charge in [-0.05, 0) is 60.7 Å². The van der Waals surface area contributed by atoms with E-state index in [9.17, 15) is 18.4 Å². The van der Waals surface area contributed by atoms with Crippen molar-refractivity contribution in [2.75, 3.05) is 38.2 Å². The maximum Gasteiger partial charge on any atom is 0.422 e. The minimum atomic E-state index is -4.52. The van der Waals surface area contributed by atoms with Crippen molar-refractivity contribution in [2.24, 2.45) is 0 Å². The highest BCUT2D eigenvalue weighted by atomic mass is 19.4. The molecule has 0 unspecified atom stereocenters. The van der Waals surface area contributed by atoms with Gasteiger partial charge in [-0.2, -0.15) is 18.4 Å².